The molecule has 6 heteroatoms. The summed E-state index contributed by atoms with van der Waals surface area (Å²) >= 11 is 13.0. The predicted molar refractivity (Wildman–Crippen MR) is 156 cm³/mol. The average Bonchev–Trinajstić information content (AvgIpc) is 2.93. The van der Waals surface area contributed by atoms with Crippen LogP contribution in [-0.2, 0) is 9.53 Å². The maximum Gasteiger partial charge on any atom is 0.313 e. The van der Waals surface area contributed by atoms with E-state index in [0.29, 0.717) is 23.1 Å². The predicted octanol–water partition coefficient (Wildman–Crippen LogP) is 8.35. The first-order valence-electron chi connectivity index (χ1n) is 12.9. The van der Waals surface area contributed by atoms with Gasteiger partial charge in [0.05, 0.1) is 18.7 Å². The molecule has 4 unspecified atom stereocenters. The number of benzene rings is 4. The molecule has 1 aliphatic rings. The summed E-state index contributed by atoms with van der Waals surface area (Å²) < 4.78 is 5.72. The number of para-hydroxylation sites is 2. The van der Waals surface area contributed by atoms with Gasteiger partial charge in [-0.05, 0) is 73.0 Å². The van der Waals surface area contributed by atoms with Crippen LogP contribution in [0.3, 0.4) is 0 Å². The topological polar surface area (TPSA) is 41.6 Å². The molecule has 1 N–H and O–H groups in total. The number of rotatable bonds is 7. The highest BCUT2D eigenvalue weighted by molar-refractivity contribution is 6.30. The standard InChI is InChI=1S/C32H30Cl2N2O2/c1-2-38-32(37)30-28(35-26-15-5-3-6-16-26)21-29(22-11-9-13-24(33)19-22)36(27-17-7-4-8-18-27)31(30)23-12-10-14-25(34)20-23/h3-20,28-31,35H,2,21H2,1H3. The zero-order chi connectivity index (χ0) is 26.5. The van der Waals surface area contributed by atoms with Crippen molar-refractivity contribution in [1.29, 1.82) is 0 Å². The molecule has 0 saturated carbocycles. The van der Waals surface area contributed by atoms with E-state index >= 15 is 0 Å². The van der Waals surface area contributed by atoms with E-state index in [1.165, 1.54) is 0 Å². The number of halogens is 2. The SMILES string of the molecule is CCOC(=O)C1C(Nc2ccccc2)CC(c2cccc(Cl)c2)N(c2ccccc2)C1c1cccc(Cl)c1. The molecule has 0 radical (unpaired) electrons. The number of hydrogen-bond donors (Lipinski definition) is 1. The van der Waals surface area contributed by atoms with Crippen LogP contribution in [0.5, 0.6) is 0 Å². The molecule has 5 rings (SSSR count). The Kier molecular flexibility index (Phi) is 8.21. The molecule has 0 bridgehead atoms. The Balaban J connectivity index is 1.72. The number of nitrogens with zero attached hydrogens (tertiary/aromatic N) is 1. The van der Waals surface area contributed by atoms with E-state index in [1.54, 1.807) is 0 Å². The summed E-state index contributed by atoms with van der Waals surface area (Å²) in [6.07, 6.45) is 0.657. The maximum absolute atomic E-state index is 13.8. The second-order valence-corrected chi connectivity index (χ2v) is 10.3. The second kappa shape index (κ2) is 11.9. The van der Waals surface area contributed by atoms with Crippen LogP contribution in [0.4, 0.5) is 11.4 Å². The van der Waals surface area contributed by atoms with Crippen molar-refractivity contribution in [2.75, 3.05) is 16.8 Å². The van der Waals surface area contributed by atoms with Crippen LogP contribution < -0.4 is 10.2 Å². The lowest BCUT2D eigenvalue weighted by atomic mass is 9.76. The Bertz CT molecular complexity index is 1370. The second-order valence-electron chi connectivity index (χ2n) is 9.44. The molecule has 4 aromatic carbocycles. The van der Waals surface area contributed by atoms with Crippen molar-refractivity contribution in [3.63, 3.8) is 0 Å². The highest BCUT2D eigenvalue weighted by Gasteiger charge is 2.48. The number of esters is 1. The van der Waals surface area contributed by atoms with Gasteiger partial charge in [0.15, 0.2) is 0 Å². The largest absolute Gasteiger partial charge is 0.466 e. The van der Waals surface area contributed by atoms with Gasteiger partial charge in [0.2, 0.25) is 0 Å². The number of carbonyl (C=O) groups excluding carboxylic acids is 1. The van der Waals surface area contributed by atoms with Crippen LogP contribution in [0.25, 0.3) is 0 Å². The van der Waals surface area contributed by atoms with E-state index in [-0.39, 0.29) is 24.1 Å². The van der Waals surface area contributed by atoms with Crippen LogP contribution in [0.1, 0.15) is 36.6 Å². The normalized spacial score (nSPS) is 21.1. The Morgan fingerprint density at radius 2 is 1.45 bits per heavy atom. The van der Waals surface area contributed by atoms with Gasteiger partial charge in [-0.3, -0.25) is 4.79 Å². The van der Waals surface area contributed by atoms with Gasteiger partial charge in [-0.15, -0.1) is 0 Å². The van der Waals surface area contributed by atoms with Crippen molar-refractivity contribution in [1.82, 2.24) is 0 Å². The third-order valence-electron chi connectivity index (χ3n) is 7.05. The van der Waals surface area contributed by atoms with Gasteiger partial charge in [0.1, 0.15) is 5.92 Å². The highest BCUT2D eigenvalue weighted by atomic mass is 35.5. The molecule has 0 spiro atoms. The fourth-order valence-corrected chi connectivity index (χ4v) is 5.92. The first-order chi connectivity index (χ1) is 18.5. The number of carbonyl (C=O) groups is 1. The first-order valence-corrected chi connectivity index (χ1v) is 13.6. The molecule has 1 saturated heterocycles. The molecular formula is C32H30Cl2N2O2. The van der Waals surface area contributed by atoms with Crippen LogP contribution in [0, 0.1) is 5.92 Å². The smallest absolute Gasteiger partial charge is 0.313 e. The molecule has 1 heterocycles. The van der Waals surface area contributed by atoms with E-state index in [0.717, 1.165) is 22.5 Å². The van der Waals surface area contributed by atoms with Crippen LogP contribution in [0.15, 0.2) is 109 Å². The summed E-state index contributed by atoms with van der Waals surface area (Å²) in [5.41, 5.74) is 3.99. The molecule has 38 heavy (non-hydrogen) atoms. The Morgan fingerprint density at radius 3 is 2.08 bits per heavy atom. The molecule has 0 aromatic heterocycles. The third-order valence-corrected chi connectivity index (χ3v) is 7.52. The van der Waals surface area contributed by atoms with Gasteiger partial charge in [-0.2, -0.15) is 0 Å². The van der Waals surface area contributed by atoms with Gasteiger partial charge < -0.3 is 15.0 Å². The van der Waals surface area contributed by atoms with Gasteiger partial charge in [-0.25, -0.2) is 0 Å². The number of hydrogen-bond acceptors (Lipinski definition) is 4. The molecule has 4 atom stereocenters. The summed E-state index contributed by atoms with van der Waals surface area (Å²) in [7, 11) is 0. The average molecular weight is 546 g/mol. The summed E-state index contributed by atoms with van der Waals surface area (Å²) in [5, 5.41) is 4.97. The fourth-order valence-electron chi connectivity index (χ4n) is 5.53. The highest BCUT2D eigenvalue weighted by Crippen LogP contribution is 2.49. The Hall–Kier alpha value is -3.47. The van der Waals surface area contributed by atoms with E-state index in [1.807, 2.05) is 97.9 Å². The third kappa shape index (κ3) is 5.67. The number of ether oxygens (including phenoxy) is 1. The number of anilines is 2. The Labute approximate surface area is 234 Å². The molecule has 4 nitrogen and oxygen atoms in total. The Morgan fingerprint density at radius 1 is 0.842 bits per heavy atom. The molecule has 4 aromatic rings. The van der Waals surface area contributed by atoms with Gasteiger partial charge in [-0.1, -0.05) is 83.9 Å². The van der Waals surface area contributed by atoms with Gasteiger partial charge in [0, 0.05) is 27.5 Å². The lowest BCUT2D eigenvalue weighted by molar-refractivity contribution is -0.150. The number of nitrogens with one attached hydrogen (secondary N) is 1. The van der Waals surface area contributed by atoms with Gasteiger partial charge >= 0.3 is 5.97 Å². The number of piperidine rings is 1. The van der Waals surface area contributed by atoms with Crippen LogP contribution >= 0.6 is 23.2 Å². The van der Waals surface area contributed by atoms with Crippen molar-refractivity contribution in [2.24, 2.45) is 5.92 Å². The van der Waals surface area contributed by atoms with Crippen molar-refractivity contribution in [3.8, 4) is 0 Å². The van der Waals surface area contributed by atoms with E-state index in [2.05, 4.69) is 28.4 Å². The lowest BCUT2D eigenvalue weighted by Crippen LogP contribution is -2.53. The maximum atomic E-state index is 13.8. The first kappa shape index (κ1) is 26.1. The molecular weight excluding hydrogens is 515 g/mol. The monoisotopic (exact) mass is 544 g/mol. The van der Waals surface area contributed by atoms with Crippen LogP contribution in [-0.4, -0.2) is 18.6 Å². The van der Waals surface area contributed by atoms with E-state index in [4.69, 9.17) is 27.9 Å². The summed E-state index contributed by atoms with van der Waals surface area (Å²) in [6.45, 7) is 2.15. The van der Waals surface area contributed by atoms with E-state index < -0.39 is 5.92 Å². The molecule has 1 fully saturated rings. The van der Waals surface area contributed by atoms with Crippen molar-refractivity contribution in [3.05, 3.63) is 130 Å². The van der Waals surface area contributed by atoms with Crippen molar-refractivity contribution >= 4 is 40.5 Å². The molecule has 1 aliphatic heterocycles. The minimum atomic E-state index is -0.510. The zero-order valence-corrected chi connectivity index (χ0v) is 22.6. The van der Waals surface area contributed by atoms with Gasteiger partial charge in [0.25, 0.3) is 0 Å². The van der Waals surface area contributed by atoms with Crippen molar-refractivity contribution < 1.29 is 9.53 Å². The van der Waals surface area contributed by atoms with Crippen LogP contribution in [0.2, 0.25) is 10.0 Å². The van der Waals surface area contributed by atoms with Crippen molar-refractivity contribution in [2.45, 2.75) is 31.5 Å². The molecule has 194 valence electrons. The molecule has 0 amide bonds. The summed E-state index contributed by atoms with van der Waals surface area (Å²) in [6, 6.07) is 35.3. The summed E-state index contributed by atoms with van der Waals surface area (Å²) in [4.78, 5) is 16.1. The van der Waals surface area contributed by atoms with E-state index in [9.17, 15) is 4.79 Å². The minimum Gasteiger partial charge on any atom is -0.466 e. The minimum absolute atomic E-state index is 0.0769. The molecule has 0 aliphatic carbocycles. The fraction of sp³-hybridized carbons (Fsp3) is 0.219. The lowest BCUT2D eigenvalue weighted by Gasteiger charge is -2.51. The quantitative estimate of drug-likeness (QED) is 0.237. The summed E-state index contributed by atoms with van der Waals surface area (Å²) in [5.74, 6) is -0.749. The zero-order valence-electron chi connectivity index (χ0n) is 21.1.